The maximum atomic E-state index is 12.8. The molecule has 1 fully saturated rings. The molecular formula is C21H20ClNO2S2. The van der Waals surface area contributed by atoms with Crippen LogP contribution in [0.3, 0.4) is 0 Å². The largest absolute Gasteiger partial charge is 0.488 e. The van der Waals surface area contributed by atoms with E-state index in [0.717, 1.165) is 11.1 Å². The molecule has 2 aromatic carbocycles. The van der Waals surface area contributed by atoms with E-state index in [2.05, 4.69) is 0 Å². The van der Waals surface area contributed by atoms with Gasteiger partial charge in [-0.2, -0.15) is 0 Å². The monoisotopic (exact) mass is 417 g/mol. The van der Waals surface area contributed by atoms with E-state index in [1.165, 1.54) is 11.8 Å². The first-order valence-corrected chi connectivity index (χ1v) is 10.1. The van der Waals surface area contributed by atoms with Crippen molar-refractivity contribution in [2.24, 2.45) is 0 Å². The van der Waals surface area contributed by atoms with E-state index in [1.807, 2.05) is 75.4 Å². The molecule has 27 heavy (non-hydrogen) atoms. The number of thioether (sulfide) groups is 1. The molecule has 140 valence electrons. The number of para-hydroxylation sites is 1. The van der Waals surface area contributed by atoms with Crippen LogP contribution in [0.15, 0.2) is 53.4 Å². The van der Waals surface area contributed by atoms with Crippen LogP contribution in [-0.4, -0.2) is 20.7 Å². The van der Waals surface area contributed by atoms with Gasteiger partial charge in [-0.05, 0) is 50.6 Å². The Morgan fingerprint density at radius 1 is 1.15 bits per heavy atom. The highest BCUT2D eigenvalue weighted by atomic mass is 35.5. The second-order valence-electron chi connectivity index (χ2n) is 7.14. The minimum atomic E-state index is -0.346. The van der Waals surface area contributed by atoms with Crippen LogP contribution in [0.5, 0.6) is 5.75 Å². The first kappa shape index (κ1) is 19.9. The highest BCUT2D eigenvalue weighted by molar-refractivity contribution is 8.26. The van der Waals surface area contributed by atoms with Crippen LogP contribution in [0.1, 0.15) is 31.9 Å². The molecule has 0 radical (unpaired) electrons. The Morgan fingerprint density at radius 2 is 1.81 bits per heavy atom. The third kappa shape index (κ3) is 4.72. The maximum Gasteiger partial charge on any atom is 0.266 e. The summed E-state index contributed by atoms with van der Waals surface area (Å²) < 4.78 is 6.56. The predicted octanol–water partition coefficient (Wildman–Crippen LogP) is 5.92. The van der Waals surface area contributed by atoms with Crippen molar-refractivity contribution in [3.8, 4) is 5.75 Å². The summed E-state index contributed by atoms with van der Waals surface area (Å²) in [6, 6.07) is 15.2. The number of hydrogen-bond donors (Lipinski definition) is 0. The Kier molecular flexibility index (Phi) is 5.94. The first-order valence-electron chi connectivity index (χ1n) is 8.50. The fraction of sp³-hybridized carbons (Fsp3) is 0.238. The van der Waals surface area contributed by atoms with Gasteiger partial charge in [0.05, 0.1) is 4.91 Å². The summed E-state index contributed by atoms with van der Waals surface area (Å²) >= 11 is 12.7. The summed E-state index contributed by atoms with van der Waals surface area (Å²) in [7, 11) is 0. The lowest BCUT2D eigenvalue weighted by molar-refractivity contribution is -0.125. The summed E-state index contributed by atoms with van der Waals surface area (Å²) in [4.78, 5) is 15.1. The van der Waals surface area contributed by atoms with Gasteiger partial charge in [0.15, 0.2) is 0 Å². The van der Waals surface area contributed by atoms with Crippen LogP contribution in [0.4, 0.5) is 0 Å². The smallest absolute Gasteiger partial charge is 0.266 e. The number of ether oxygens (including phenoxy) is 1. The molecule has 2 aromatic rings. The molecule has 1 amide bonds. The van der Waals surface area contributed by atoms with E-state index in [0.29, 0.717) is 26.6 Å². The number of halogens is 1. The summed E-state index contributed by atoms with van der Waals surface area (Å²) in [6.45, 7) is 6.35. The molecule has 0 aliphatic carbocycles. The van der Waals surface area contributed by atoms with Crippen molar-refractivity contribution < 1.29 is 9.53 Å². The number of carbonyl (C=O) groups is 1. The first-order chi connectivity index (χ1) is 12.8. The Labute approximate surface area is 174 Å². The van der Waals surface area contributed by atoms with Gasteiger partial charge < -0.3 is 4.74 Å². The van der Waals surface area contributed by atoms with Crippen LogP contribution >= 0.6 is 35.6 Å². The van der Waals surface area contributed by atoms with Crippen molar-refractivity contribution >= 4 is 51.9 Å². The minimum Gasteiger partial charge on any atom is -0.488 e. The van der Waals surface area contributed by atoms with Gasteiger partial charge in [0.1, 0.15) is 16.7 Å². The van der Waals surface area contributed by atoms with Crippen molar-refractivity contribution in [2.45, 2.75) is 32.9 Å². The molecule has 0 atom stereocenters. The molecule has 1 heterocycles. The lowest BCUT2D eigenvalue weighted by Crippen LogP contribution is -2.44. The molecule has 6 heteroatoms. The van der Waals surface area contributed by atoms with Gasteiger partial charge in [-0.1, -0.05) is 65.9 Å². The van der Waals surface area contributed by atoms with Gasteiger partial charge in [-0.3, -0.25) is 9.69 Å². The molecule has 0 spiro atoms. The summed E-state index contributed by atoms with van der Waals surface area (Å²) in [6.07, 6.45) is 1.85. The molecule has 1 aliphatic heterocycles. The van der Waals surface area contributed by atoms with Crippen molar-refractivity contribution in [3.05, 3.63) is 69.6 Å². The van der Waals surface area contributed by atoms with E-state index < -0.39 is 0 Å². The second-order valence-corrected chi connectivity index (χ2v) is 9.25. The van der Waals surface area contributed by atoms with E-state index >= 15 is 0 Å². The lowest BCUT2D eigenvalue weighted by atomic mass is 10.1. The van der Waals surface area contributed by atoms with Crippen LogP contribution in [0.25, 0.3) is 6.08 Å². The van der Waals surface area contributed by atoms with Crippen molar-refractivity contribution in [2.75, 3.05) is 0 Å². The zero-order chi connectivity index (χ0) is 19.6. The topological polar surface area (TPSA) is 29.5 Å². The van der Waals surface area contributed by atoms with Crippen molar-refractivity contribution in [3.63, 3.8) is 0 Å². The summed E-state index contributed by atoms with van der Waals surface area (Å²) in [5.41, 5.74) is 1.52. The van der Waals surface area contributed by atoms with E-state index in [1.54, 1.807) is 4.90 Å². The molecule has 3 nitrogen and oxygen atoms in total. The Morgan fingerprint density at radius 3 is 2.44 bits per heavy atom. The minimum absolute atomic E-state index is 0.0648. The van der Waals surface area contributed by atoms with Crippen LogP contribution in [0.2, 0.25) is 5.02 Å². The van der Waals surface area contributed by atoms with Gasteiger partial charge in [0.2, 0.25) is 0 Å². The SMILES string of the molecule is CC(C)(C)N1C(=O)C(=Cc2ccccc2OCc2ccc(Cl)cc2)SC1=S. The molecule has 0 N–H and O–H groups in total. The molecule has 1 aliphatic rings. The number of nitrogens with zero attached hydrogens (tertiary/aromatic N) is 1. The predicted molar refractivity (Wildman–Crippen MR) is 117 cm³/mol. The molecule has 3 rings (SSSR count). The maximum absolute atomic E-state index is 12.8. The standard InChI is InChI=1S/C21H20ClNO2S2/c1-21(2,3)23-19(24)18(27-20(23)26)12-15-6-4-5-7-17(15)25-13-14-8-10-16(22)11-9-14/h4-12H,13H2,1-3H3. The molecular weight excluding hydrogens is 398 g/mol. The number of amides is 1. The number of hydrogen-bond acceptors (Lipinski definition) is 4. The average molecular weight is 418 g/mol. The normalized spacial score (nSPS) is 16.3. The quantitative estimate of drug-likeness (QED) is 0.456. The summed E-state index contributed by atoms with van der Waals surface area (Å²) in [5.74, 6) is 0.651. The Hall–Kier alpha value is -1.82. The van der Waals surface area contributed by atoms with E-state index in [-0.39, 0.29) is 11.4 Å². The lowest BCUT2D eigenvalue weighted by Gasteiger charge is -2.30. The molecule has 1 saturated heterocycles. The molecule has 0 bridgehead atoms. The van der Waals surface area contributed by atoms with Gasteiger partial charge in [-0.25, -0.2) is 0 Å². The second kappa shape index (κ2) is 8.05. The van der Waals surface area contributed by atoms with Gasteiger partial charge in [-0.15, -0.1) is 0 Å². The molecule has 0 aromatic heterocycles. The molecule has 0 unspecified atom stereocenters. The van der Waals surface area contributed by atoms with Crippen LogP contribution in [0, 0.1) is 0 Å². The van der Waals surface area contributed by atoms with Crippen LogP contribution < -0.4 is 4.74 Å². The van der Waals surface area contributed by atoms with Crippen molar-refractivity contribution in [1.29, 1.82) is 0 Å². The zero-order valence-corrected chi connectivity index (χ0v) is 17.8. The Bertz CT molecular complexity index is 901. The summed E-state index contributed by atoms with van der Waals surface area (Å²) in [5, 5.41) is 0.694. The van der Waals surface area contributed by atoms with Gasteiger partial charge in [0.25, 0.3) is 5.91 Å². The number of carbonyl (C=O) groups excluding carboxylic acids is 1. The highest BCUT2D eigenvalue weighted by Gasteiger charge is 2.39. The Balaban J connectivity index is 1.82. The third-order valence-corrected chi connectivity index (χ3v) is 5.53. The van der Waals surface area contributed by atoms with E-state index in [4.69, 9.17) is 28.6 Å². The zero-order valence-electron chi connectivity index (χ0n) is 15.4. The number of thiocarbonyl (C=S) groups is 1. The molecule has 0 saturated carbocycles. The third-order valence-electron chi connectivity index (χ3n) is 3.98. The van der Waals surface area contributed by atoms with Gasteiger partial charge in [0, 0.05) is 16.1 Å². The van der Waals surface area contributed by atoms with Gasteiger partial charge >= 0.3 is 0 Å². The van der Waals surface area contributed by atoms with Crippen molar-refractivity contribution in [1.82, 2.24) is 4.90 Å². The fourth-order valence-electron chi connectivity index (χ4n) is 2.66. The number of rotatable bonds is 4. The average Bonchev–Trinajstić information content (AvgIpc) is 2.89. The highest BCUT2D eigenvalue weighted by Crippen LogP contribution is 2.37. The number of benzene rings is 2. The fourth-order valence-corrected chi connectivity index (χ4v) is 4.41. The van der Waals surface area contributed by atoms with E-state index in [9.17, 15) is 4.79 Å². The van der Waals surface area contributed by atoms with Crippen LogP contribution in [-0.2, 0) is 11.4 Å².